The van der Waals surface area contributed by atoms with Gasteiger partial charge in [-0.25, -0.2) is 0 Å². The fourth-order valence-electron chi connectivity index (χ4n) is 2.15. The highest BCUT2D eigenvalue weighted by molar-refractivity contribution is 5.72. The Morgan fingerprint density at radius 3 is 1.89 bits per heavy atom. The summed E-state index contributed by atoms with van der Waals surface area (Å²) in [4.78, 5) is 0. The van der Waals surface area contributed by atoms with Gasteiger partial charge in [0.05, 0.1) is 0 Å². The lowest BCUT2D eigenvalue weighted by Crippen LogP contribution is -1.86. The van der Waals surface area contributed by atoms with Crippen LogP contribution in [-0.2, 0) is 0 Å². The topological polar surface area (TPSA) is 20.2 Å². The van der Waals surface area contributed by atoms with Gasteiger partial charge in [-0.3, -0.25) is 0 Å². The van der Waals surface area contributed by atoms with Crippen molar-refractivity contribution in [3.05, 3.63) is 90.0 Å². The standard InChI is InChI=1S/C18H14O/c19-18(16-8-4-5-9-16)17-12-10-15(11-13-17)14-6-2-1-3-7-14/h1-13,19H. The van der Waals surface area contributed by atoms with Gasteiger partial charge in [0.15, 0.2) is 0 Å². The molecule has 1 nitrogen and oxygen atoms in total. The van der Waals surface area contributed by atoms with E-state index in [1.54, 1.807) is 0 Å². The predicted octanol–water partition coefficient (Wildman–Crippen LogP) is 4.75. The second-order valence-electron chi connectivity index (χ2n) is 4.47. The molecule has 0 atom stereocenters. The van der Waals surface area contributed by atoms with Crippen molar-refractivity contribution >= 4 is 5.76 Å². The zero-order valence-electron chi connectivity index (χ0n) is 10.5. The van der Waals surface area contributed by atoms with Crippen LogP contribution in [0.25, 0.3) is 16.9 Å². The van der Waals surface area contributed by atoms with Crippen molar-refractivity contribution in [2.45, 2.75) is 0 Å². The molecule has 1 heteroatoms. The van der Waals surface area contributed by atoms with Gasteiger partial charge >= 0.3 is 0 Å². The maximum atomic E-state index is 10.2. The highest BCUT2D eigenvalue weighted by atomic mass is 16.3. The number of aliphatic hydroxyl groups excluding tert-OH is 1. The molecule has 0 saturated carbocycles. The highest BCUT2D eigenvalue weighted by Gasteiger charge is 2.05. The molecule has 0 heterocycles. The average Bonchev–Trinajstić information content (AvgIpc) is 3.02. The van der Waals surface area contributed by atoms with Gasteiger partial charge in [0, 0.05) is 11.1 Å². The van der Waals surface area contributed by atoms with Crippen LogP contribution in [0.3, 0.4) is 0 Å². The normalized spacial score (nSPS) is 12.9. The molecule has 0 aromatic heterocycles. The van der Waals surface area contributed by atoms with Crippen molar-refractivity contribution in [1.82, 2.24) is 0 Å². The lowest BCUT2D eigenvalue weighted by atomic mass is 10.0. The Bertz CT molecular complexity index is 645. The third-order valence-electron chi connectivity index (χ3n) is 3.20. The van der Waals surface area contributed by atoms with Gasteiger partial charge in [-0.2, -0.15) is 0 Å². The summed E-state index contributed by atoms with van der Waals surface area (Å²) in [6.07, 6.45) is 7.65. The van der Waals surface area contributed by atoms with E-state index in [1.807, 2.05) is 66.8 Å². The number of hydrogen-bond acceptors (Lipinski definition) is 1. The monoisotopic (exact) mass is 246 g/mol. The first-order valence-corrected chi connectivity index (χ1v) is 6.28. The van der Waals surface area contributed by atoms with Crippen LogP contribution in [0.4, 0.5) is 0 Å². The van der Waals surface area contributed by atoms with E-state index in [0.717, 1.165) is 16.7 Å². The van der Waals surface area contributed by atoms with Crippen LogP contribution in [0.15, 0.2) is 84.5 Å². The summed E-state index contributed by atoms with van der Waals surface area (Å²) < 4.78 is 0. The molecule has 0 amide bonds. The largest absolute Gasteiger partial charge is 0.507 e. The van der Waals surface area contributed by atoms with Crippen LogP contribution in [0.5, 0.6) is 0 Å². The summed E-state index contributed by atoms with van der Waals surface area (Å²) in [5, 5.41) is 10.2. The molecule has 0 saturated heterocycles. The minimum atomic E-state index is 0.324. The highest BCUT2D eigenvalue weighted by Crippen LogP contribution is 2.24. The molecule has 1 N–H and O–H groups in total. The van der Waals surface area contributed by atoms with Gasteiger partial charge in [0.1, 0.15) is 5.76 Å². The van der Waals surface area contributed by atoms with Crippen LogP contribution >= 0.6 is 0 Å². The van der Waals surface area contributed by atoms with Crippen molar-refractivity contribution in [1.29, 1.82) is 0 Å². The Hall–Kier alpha value is -2.54. The second-order valence-corrected chi connectivity index (χ2v) is 4.47. The summed E-state index contributed by atoms with van der Waals surface area (Å²) in [7, 11) is 0. The fourth-order valence-corrected chi connectivity index (χ4v) is 2.15. The number of aliphatic hydroxyl groups is 1. The summed E-state index contributed by atoms with van der Waals surface area (Å²) in [6.45, 7) is 0. The van der Waals surface area contributed by atoms with E-state index in [9.17, 15) is 5.11 Å². The van der Waals surface area contributed by atoms with Crippen LogP contribution < -0.4 is 0 Å². The molecule has 92 valence electrons. The first-order valence-electron chi connectivity index (χ1n) is 6.28. The molecule has 0 fully saturated rings. The average molecular weight is 246 g/mol. The van der Waals surface area contributed by atoms with Crippen molar-refractivity contribution in [3.8, 4) is 11.1 Å². The molecule has 2 aromatic rings. The maximum absolute atomic E-state index is 10.2. The van der Waals surface area contributed by atoms with E-state index < -0.39 is 0 Å². The number of allylic oxidation sites excluding steroid dienone is 5. The van der Waals surface area contributed by atoms with Gasteiger partial charge in [-0.05, 0) is 11.1 Å². The Balaban J connectivity index is 1.94. The summed E-state index contributed by atoms with van der Waals surface area (Å²) in [6, 6.07) is 18.2. The van der Waals surface area contributed by atoms with Gasteiger partial charge in [0.25, 0.3) is 0 Å². The molecule has 0 bridgehead atoms. The van der Waals surface area contributed by atoms with Crippen LogP contribution in [0.2, 0.25) is 0 Å². The molecule has 0 spiro atoms. The third kappa shape index (κ3) is 2.36. The Morgan fingerprint density at radius 2 is 1.26 bits per heavy atom. The third-order valence-corrected chi connectivity index (χ3v) is 3.20. The van der Waals surface area contributed by atoms with E-state index >= 15 is 0 Å². The molecule has 19 heavy (non-hydrogen) atoms. The van der Waals surface area contributed by atoms with E-state index in [0.29, 0.717) is 5.76 Å². The van der Waals surface area contributed by atoms with Crippen molar-refractivity contribution in [2.75, 3.05) is 0 Å². The van der Waals surface area contributed by atoms with E-state index in [1.165, 1.54) is 5.56 Å². The van der Waals surface area contributed by atoms with E-state index in [-0.39, 0.29) is 0 Å². The van der Waals surface area contributed by atoms with Gasteiger partial charge < -0.3 is 5.11 Å². The van der Waals surface area contributed by atoms with Gasteiger partial charge in [-0.15, -0.1) is 0 Å². The number of benzene rings is 2. The molecule has 0 unspecified atom stereocenters. The Morgan fingerprint density at radius 1 is 0.684 bits per heavy atom. The summed E-state index contributed by atoms with van der Waals surface area (Å²) in [5.74, 6) is 0.324. The minimum absolute atomic E-state index is 0.324. The number of rotatable bonds is 2. The molecule has 1 aliphatic carbocycles. The van der Waals surface area contributed by atoms with Crippen LogP contribution in [-0.4, -0.2) is 5.11 Å². The minimum Gasteiger partial charge on any atom is -0.507 e. The zero-order chi connectivity index (χ0) is 13.1. The Kier molecular flexibility index (Phi) is 3.03. The molecular formula is C18H14O. The molecule has 2 aromatic carbocycles. The van der Waals surface area contributed by atoms with Crippen molar-refractivity contribution < 1.29 is 5.11 Å². The zero-order valence-corrected chi connectivity index (χ0v) is 10.5. The van der Waals surface area contributed by atoms with Crippen LogP contribution in [0, 0.1) is 0 Å². The predicted molar refractivity (Wildman–Crippen MR) is 79.7 cm³/mol. The first kappa shape index (κ1) is 11.5. The van der Waals surface area contributed by atoms with E-state index in [4.69, 9.17) is 0 Å². The smallest absolute Gasteiger partial charge is 0.130 e. The van der Waals surface area contributed by atoms with Gasteiger partial charge in [-0.1, -0.05) is 78.9 Å². The SMILES string of the molecule is OC(=C1C=CC=C1)c1ccc(-c2ccccc2)cc1. The fraction of sp³-hybridized carbons (Fsp3) is 0. The van der Waals surface area contributed by atoms with Crippen molar-refractivity contribution in [2.24, 2.45) is 0 Å². The Labute approximate surface area is 112 Å². The molecule has 0 radical (unpaired) electrons. The van der Waals surface area contributed by atoms with Gasteiger partial charge in [0.2, 0.25) is 0 Å². The molecule has 0 aliphatic heterocycles. The lowest BCUT2D eigenvalue weighted by Gasteiger charge is -2.05. The van der Waals surface area contributed by atoms with Crippen molar-refractivity contribution in [3.63, 3.8) is 0 Å². The first-order chi connectivity index (χ1) is 9.34. The van der Waals surface area contributed by atoms with Crippen LogP contribution in [0.1, 0.15) is 5.56 Å². The summed E-state index contributed by atoms with van der Waals surface area (Å²) in [5.41, 5.74) is 4.03. The summed E-state index contributed by atoms with van der Waals surface area (Å²) >= 11 is 0. The second kappa shape index (κ2) is 4.99. The van der Waals surface area contributed by atoms with E-state index in [2.05, 4.69) is 12.1 Å². The number of hydrogen-bond donors (Lipinski definition) is 1. The molecular weight excluding hydrogens is 232 g/mol. The quantitative estimate of drug-likeness (QED) is 0.758. The molecule has 3 rings (SSSR count). The maximum Gasteiger partial charge on any atom is 0.130 e. The lowest BCUT2D eigenvalue weighted by molar-refractivity contribution is 0.509. The molecule has 1 aliphatic rings.